The Labute approximate surface area is 126 Å². The minimum absolute atomic E-state index is 0.304. The highest BCUT2D eigenvalue weighted by molar-refractivity contribution is 5.95. The Bertz CT molecular complexity index is 825. The first-order valence-corrected chi connectivity index (χ1v) is 6.71. The summed E-state index contributed by atoms with van der Waals surface area (Å²) in [7, 11) is 1.35. The first-order valence-electron chi connectivity index (χ1n) is 6.71. The summed E-state index contributed by atoms with van der Waals surface area (Å²) in [6.45, 7) is 0. The molecule has 0 aliphatic rings. The van der Waals surface area contributed by atoms with Crippen LogP contribution < -0.4 is 4.74 Å². The number of hydrogen-bond acceptors (Lipinski definition) is 3. The number of benzene rings is 3. The van der Waals surface area contributed by atoms with E-state index in [1.54, 1.807) is 30.3 Å². The van der Waals surface area contributed by atoms with Gasteiger partial charge in [0.2, 0.25) is 0 Å². The van der Waals surface area contributed by atoms with Gasteiger partial charge in [-0.05, 0) is 59.3 Å². The van der Waals surface area contributed by atoms with Crippen molar-refractivity contribution in [3.8, 4) is 11.5 Å². The smallest absolute Gasteiger partial charge is 0.337 e. The number of carbonyl (C=O) groups excluding carboxylic acids is 1. The molecule has 0 bridgehead atoms. The van der Waals surface area contributed by atoms with Gasteiger partial charge in [0.25, 0.3) is 0 Å². The van der Waals surface area contributed by atoms with Crippen LogP contribution in [-0.4, -0.2) is 13.1 Å². The lowest BCUT2D eigenvalue weighted by molar-refractivity contribution is 0.0601. The number of ether oxygens (including phenoxy) is 2. The highest BCUT2D eigenvalue weighted by Gasteiger charge is 2.06. The van der Waals surface area contributed by atoms with Gasteiger partial charge in [0, 0.05) is 0 Å². The third kappa shape index (κ3) is 2.91. The van der Waals surface area contributed by atoms with Gasteiger partial charge in [-0.2, -0.15) is 0 Å². The third-order valence-corrected chi connectivity index (χ3v) is 3.28. The normalized spacial score (nSPS) is 10.5. The van der Waals surface area contributed by atoms with Crippen LogP contribution in [0.3, 0.4) is 0 Å². The van der Waals surface area contributed by atoms with E-state index >= 15 is 0 Å². The quantitative estimate of drug-likeness (QED) is 0.665. The largest absolute Gasteiger partial charge is 0.465 e. The summed E-state index contributed by atoms with van der Waals surface area (Å²) in [5, 5.41) is 1.85. The number of carbonyl (C=O) groups is 1. The van der Waals surface area contributed by atoms with Gasteiger partial charge in [0.15, 0.2) is 0 Å². The number of rotatable bonds is 3. The second-order valence-corrected chi connectivity index (χ2v) is 4.77. The fourth-order valence-electron chi connectivity index (χ4n) is 2.17. The van der Waals surface area contributed by atoms with Crippen LogP contribution in [0.25, 0.3) is 10.8 Å². The monoisotopic (exact) mass is 296 g/mol. The molecule has 0 saturated heterocycles. The van der Waals surface area contributed by atoms with E-state index in [-0.39, 0.29) is 11.8 Å². The Kier molecular flexibility index (Phi) is 3.74. The van der Waals surface area contributed by atoms with Crippen molar-refractivity contribution < 1.29 is 18.7 Å². The minimum atomic E-state index is -0.367. The van der Waals surface area contributed by atoms with Gasteiger partial charge in [0.05, 0.1) is 12.7 Å². The van der Waals surface area contributed by atoms with Gasteiger partial charge >= 0.3 is 5.97 Å². The minimum Gasteiger partial charge on any atom is -0.465 e. The van der Waals surface area contributed by atoms with E-state index in [0.717, 1.165) is 10.8 Å². The van der Waals surface area contributed by atoms with E-state index < -0.39 is 0 Å². The van der Waals surface area contributed by atoms with E-state index in [4.69, 9.17) is 9.47 Å². The zero-order valence-corrected chi connectivity index (χ0v) is 11.9. The lowest BCUT2D eigenvalue weighted by Gasteiger charge is -2.07. The molecule has 3 nitrogen and oxygen atoms in total. The predicted octanol–water partition coefficient (Wildman–Crippen LogP) is 4.56. The Balaban J connectivity index is 1.89. The second-order valence-electron chi connectivity index (χ2n) is 4.77. The van der Waals surface area contributed by atoms with Crippen molar-refractivity contribution in [2.24, 2.45) is 0 Å². The molecule has 0 aliphatic heterocycles. The Morgan fingerprint density at radius 1 is 0.864 bits per heavy atom. The van der Waals surface area contributed by atoms with Crippen LogP contribution >= 0.6 is 0 Å². The van der Waals surface area contributed by atoms with Crippen molar-refractivity contribution in [1.29, 1.82) is 0 Å². The molecule has 3 rings (SSSR count). The zero-order chi connectivity index (χ0) is 15.5. The molecule has 4 heteroatoms. The molecule has 0 N–H and O–H groups in total. The van der Waals surface area contributed by atoms with Crippen LogP contribution in [0.4, 0.5) is 4.39 Å². The first kappa shape index (κ1) is 14.1. The maximum absolute atomic E-state index is 12.9. The topological polar surface area (TPSA) is 35.5 Å². The molecule has 0 unspecified atom stereocenters. The van der Waals surface area contributed by atoms with Crippen molar-refractivity contribution in [1.82, 2.24) is 0 Å². The predicted molar refractivity (Wildman–Crippen MR) is 81.8 cm³/mol. The van der Waals surface area contributed by atoms with Crippen molar-refractivity contribution in [2.45, 2.75) is 0 Å². The molecule has 110 valence electrons. The van der Waals surface area contributed by atoms with E-state index in [2.05, 4.69) is 0 Å². The Hall–Kier alpha value is -2.88. The van der Waals surface area contributed by atoms with Gasteiger partial charge in [-0.25, -0.2) is 9.18 Å². The van der Waals surface area contributed by atoms with Crippen molar-refractivity contribution in [3.63, 3.8) is 0 Å². The highest BCUT2D eigenvalue weighted by Crippen LogP contribution is 2.26. The SMILES string of the molecule is COC(=O)c1ccc2cc(Oc3ccc(F)cc3)ccc2c1. The number of hydrogen-bond donors (Lipinski definition) is 0. The molecule has 0 spiro atoms. The summed E-state index contributed by atoms with van der Waals surface area (Å²) in [4.78, 5) is 11.5. The summed E-state index contributed by atoms with van der Waals surface area (Å²) >= 11 is 0. The fraction of sp³-hybridized carbons (Fsp3) is 0.0556. The average molecular weight is 296 g/mol. The van der Waals surface area contributed by atoms with Crippen molar-refractivity contribution >= 4 is 16.7 Å². The zero-order valence-electron chi connectivity index (χ0n) is 11.9. The highest BCUT2D eigenvalue weighted by atomic mass is 19.1. The maximum Gasteiger partial charge on any atom is 0.337 e. The molecular formula is C18H13FO3. The maximum atomic E-state index is 12.9. The second kappa shape index (κ2) is 5.85. The van der Waals surface area contributed by atoms with E-state index in [9.17, 15) is 9.18 Å². The number of methoxy groups -OCH3 is 1. The van der Waals surface area contributed by atoms with E-state index in [0.29, 0.717) is 17.1 Å². The molecular weight excluding hydrogens is 283 g/mol. The lowest BCUT2D eigenvalue weighted by atomic mass is 10.1. The van der Waals surface area contributed by atoms with Crippen LogP contribution in [0.5, 0.6) is 11.5 Å². The van der Waals surface area contributed by atoms with Crippen LogP contribution in [0.15, 0.2) is 60.7 Å². The molecule has 0 amide bonds. The van der Waals surface area contributed by atoms with Crippen LogP contribution in [0.1, 0.15) is 10.4 Å². The molecule has 0 aliphatic carbocycles. The van der Waals surface area contributed by atoms with Crippen molar-refractivity contribution in [3.05, 3.63) is 72.0 Å². The molecule has 3 aromatic carbocycles. The summed E-state index contributed by atoms with van der Waals surface area (Å²) in [6.07, 6.45) is 0. The van der Waals surface area contributed by atoms with Crippen LogP contribution in [0, 0.1) is 5.82 Å². The summed E-state index contributed by atoms with van der Waals surface area (Å²) in [6, 6.07) is 16.7. The molecule has 22 heavy (non-hydrogen) atoms. The third-order valence-electron chi connectivity index (χ3n) is 3.28. The van der Waals surface area contributed by atoms with Gasteiger partial charge in [0.1, 0.15) is 17.3 Å². The van der Waals surface area contributed by atoms with Gasteiger partial charge in [-0.1, -0.05) is 12.1 Å². The van der Waals surface area contributed by atoms with E-state index in [1.807, 2.05) is 18.2 Å². The summed E-state index contributed by atoms with van der Waals surface area (Å²) < 4.78 is 23.3. The standard InChI is InChI=1S/C18H13FO3/c1-21-18(20)14-3-2-13-11-17(7-4-12(13)10-14)22-16-8-5-15(19)6-9-16/h2-11H,1H3. The molecule has 3 aromatic rings. The van der Waals surface area contributed by atoms with Crippen LogP contribution in [0.2, 0.25) is 0 Å². The summed E-state index contributed by atoms with van der Waals surface area (Å²) in [5.41, 5.74) is 0.502. The van der Waals surface area contributed by atoms with Gasteiger partial charge in [-0.3, -0.25) is 0 Å². The number of fused-ring (bicyclic) bond motifs is 1. The molecule has 0 aromatic heterocycles. The molecule has 0 fully saturated rings. The molecule has 0 radical (unpaired) electrons. The first-order chi connectivity index (χ1) is 10.7. The Morgan fingerprint density at radius 2 is 1.50 bits per heavy atom. The fourth-order valence-corrected chi connectivity index (χ4v) is 2.17. The molecule has 0 atom stereocenters. The summed E-state index contributed by atoms with van der Waals surface area (Å²) in [5.74, 6) is 0.534. The lowest BCUT2D eigenvalue weighted by Crippen LogP contribution is -2.00. The molecule has 0 saturated carbocycles. The number of esters is 1. The molecule has 0 heterocycles. The van der Waals surface area contributed by atoms with E-state index in [1.165, 1.54) is 19.2 Å². The van der Waals surface area contributed by atoms with Crippen LogP contribution in [-0.2, 0) is 4.74 Å². The van der Waals surface area contributed by atoms with Gasteiger partial charge in [-0.15, -0.1) is 0 Å². The van der Waals surface area contributed by atoms with Gasteiger partial charge < -0.3 is 9.47 Å². The average Bonchev–Trinajstić information content (AvgIpc) is 2.55. The number of halogens is 1. The Morgan fingerprint density at radius 3 is 2.23 bits per heavy atom. The van der Waals surface area contributed by atoms with Crippen molar-refractivity contribution in [2.75, 3.05) is 7.11 Å².